The first kappa shape index (κ1) is 17.0. The van der Waals surface area contributed by atoms with Gasteiger partial charge in [0.15, 0.2) is 0 Å². The zero-order valence-corrected chi connectivity index (χ0v) is 13.2. The van der Waals surface area contributed by atoms with Crippen LogP contribution in [0.5, 0.6) is 0 Å². The number of alkyl halides is 3. The Bertz CT molecular complexity index is 611. The molecule has 1 N–H and O–H groups in total. The highest BCUT2D eigenvalue weighted by Crippen LogP contribution is 2.32. The van der Waals surface area contributed by atoms with Crippen molar-refractivity contribution in [2.75, 3.05) is 13.1 Å². The largest absolute Gasteiger partial charge is 0.412 e. The summed E-state index contributed by atoms with van der Waals surface area (Å²) in [5, 5.41) is 2.20. The minimum atomic E-state index is -4.48. The molecule has 4 nitrogen and oxygen atoms in total. The minimum absolute atomic E-state index is 0.186. The normalized spacial score (nSPS) is 20.4. The molecule has 2 aliphatic rings. The van der Waals surface area contributed by atoms with Gasteiger partial charge in [0, 0.05) is 31.7 Å². The summed E-state index contributed by atoms with van der Waals surface area (Å²) in [6, 6.07) is 3.63. The van der Waals surface area contributed by atoms with Gasteiger partial charge in [-0.05, 0) is 37.0 Å². The van der Waals surface area contributed by atoms with Crippen molar-refractivity contribution in [1.29, 1.82) is 0 Å². The smallest absolute Gasteiger partial charge is 0.341 e. The lowest BCUT2D eigenvalue weighted by atomic mass is 10.0. The van der Waals surface area contributed by atoms with E-state index in [1.807, 2.05) is 17.0 Å². The van der Waals surface area contributed by atoms with Crippen LogP contribution in [0.4, 0.5) is 13.2 Å². The summed E-state index contributed by atoms with van der Waals surface area (Å²) in [6.07, 6.45) is 0.700. The van der Waals surface area contributed by atoms with E-state index in [2.05, 4.69) is 10.3 Å². The summed E-state index contributed by atoms with van der Waals surface area (Å²) >= 11 is 0. The molecular formula is C17H20F3N3O. The average Bonchev–Trinajstić information content (AvgIpc) is 3.37. The molecule has 1 amide bonds. The van der Waals surface area contributed by atoms with E-state index in [1.165, 1.54) is 0 Å². The molecule has 1 saturated carbocycles. The fourth-order valence-electron chi connectivity index (χ4n) is 2.89. The maximum absolute atomic E-state index is 13.4. The predicted octanol–water partition coefficient (Wildman–Crippen LogP) is 2.67. The Hall–Kier alpha value is -1.89. The molecule has 1 unspecified atom stereocenters. The highest BCUT2D eigenvalue weighted by molar-refractivity contribution is 5.81. The number of amides is 1. The molecule has 130 valence electrons. The summed E-state index contributed by atoms with van der Waals surface area (Å²) in [5.41, 5.74) is 1.04. The number of carbonyl (C=O) groups excluding carboxylic acids is 1. The molecule has 24 heavy (non-hydrogen) atoms. The van der Waals surface area contributed by atoms with E-state index in [0.717, 1.165) is 5.69 Å². The lowest BCUT2D eigenvalue weighted by molar-refractivity contribution is -0.155. The number of halogens is 3. The molecule has 1 fully saturated rings. The topological polar surface area (TPSA) is 45.2 Å². The van der Waals surface area contributed by atoms with Crippen LogP contribution >= 0.6 is 0 Å². The van der Waals surface area contributed by atoms with Gasteiger partial charge in [-0.1, -0.05) is 12.1 Å². The summed E-state index contributed by atoms with van der Waals surface area (Å²) in [5.74, 6) is -0.733. The van der Waals surface area contributed by atoms with Crippen LogP contribution in [0.2, 0.25) is 0 Å². The second-order valence-electron chi connectivity index (χ2n) is 6.36. The summed E-state index contributed by atoms with van der Waals surface area (Å²) < 4.78 is 40.2. The fourth-order valence-corrected chi connectivity index (χ4v) is 2.89. The van der Waals surface area contributed by atoms with E-state index in [-0.39, 0.29) is 18.0 Å². The maximum atomic E-state index is 13.4. The highest BCUT2D eigenvalue weighted by Gasteiger charge is 2.45. The van der Waals surface area contributed by atoms with Crippen molar-refractivity contribution < 1.29 is 18.0 Å². The van der Waals surface area contributed by atoms with Crippen molar-refractivity contribution in [2.45, 2.75) is 38.0 Å². The molecule has 1 atom stereocenters. The Morgan fingerprint density at radius 3 is 2.79 bits per heavy atom. The van der Waals surface area contributed by atoms with Crippen LogP contribution in [0.1, 0.15) is 25.0 Å². The molecule has 3 rings (SSSR count). The third-order valence-corrected chi connectivity index (χ3v) is 4.30. The predicted molar refractivity (Wildman–Crippen MR) is 82.9 cm³/mol. The Kier molecular flexibility index (Phi) is 4.89. The van der Waals surface area contributed by atoms with E-state index in [0.29, 0.717) is 32.4 Å². The molecular weight excluding hydrogens is 319 g/mol. The van der Waals surface area contributed by atoms with Crippen molar-refractivity contribution in [1.82, 2.24) is 15.2 Å². The van der Waals surface area contributed by atoms with Crippen molar-refractivity contribution in [2.24, 2.45) is 5.92 Å². The molecule has 1 aliphatic heterocycles. The second-order valence-corrected chi connectivity index (χ2v) is 6.36. The number of nitrogens with zero attached hydrogens (tertiary/aromatic N) is 2. The zero-order chi connectivity index (χ0) is 17.2. The van der Waals surface area contributed by atoms with Crippen molar-refractivity contribution in [3.05, 3.63) is 41.7 Å². The summed E-state index contributed by atoms with van der Waals surface area (Å²) in [7, 11) is 0. The van der Waals surface area contributed by atoms with Crippen LogP contribution in [0, 0.1) is 5.92 Å². The summed E-state index contributed by atoms with van der Waals surface area (Å²) in [6.45, 7) is 1.37. The highest BCUT2D eigenvalue weighted by atomic mass is 19.4. The second kappa shape index (κ2) is 6.93. The number of carbonyl (C=O) groups is 1. The molecule has 2 heterocycles. The van der Waals surface area contributed by atoms with Gasteiger partial charge in [0.1, 0.15) is 6.04 Å². The van der Waals surface area contributed by atoms with Gasteiger partial charge in [-0.2, -0.15) is 13.2 Å². The Balaban J connectivity index is 1.68. The molecule has 1 aromatic rings. The monoisotopic (exact) mass is 339 g/mol. The van der Waals surface area contributed by atoms with Gasteiger partial charge in [0.2, 0.25) is 5.91 Å². The molecule has 1 aliphatic carbocycles. The molecule has 0 saturated heterocycles. The number of aromatic nitrogens is 1. The van der Waals surface area contributed by atoms with Gasteiger partial charge in [0.05, 0.1) is 5.69 Å². The first-order valence-electron chi connectivity index (χ1n) is 8.12. The Morgan fingerprint density at radius 2 is 2.17 bits per heavy atom. The Morgan fingerprint density at radius 1 is 1.38 bits per heavy atom. The lowest BCUT2D eigenvalue weighted by Crippen LogP contribution is -2.50. The van der Waals surface area contributed by atoms with Crippen LogP contribution in [0.3, 0.4) is 0 Å². The number of hydrogen-bond donors (Lipinski definition) is 1. The molecule has 7 heteroatoms. The quantitative estimate of drug-likeness (QED) is 0.839. The van der Waals surface area contributed by atoms with Crippen molar-refractivity contribution in [3.63, 3.8) is 0 Å². The maximum Gasteiger partial charge on any atom is 0.412 e. The fraction of sp³-hybridized carbons (Fsp3) is 0.529. The van der Waals surface area contributed by atoms with E-state index >= 15 is 0 Å². The van der Waals surface area contributed by atoms with Gasteiger partial charge in [-0.3, -0.25) is 14.7 Å². The van der Waals surface area contributed by atoms with E-state index in [9.17, 15) is 18.0 Å². The third kappa shape index (κ3) is 4.35. The molecule has 0 aromatic carbocycles. The van der Waals surface area contributed by atoms with Crippen LogP contribution < -0.4 is 5.32 Å². The van der Waals surface area contributed by atoms with Crippen LogP contribution in [-0.4, -0.2) is 41.1 Å². The first-order valence-corrected chi connectivity index (χ1v) is 8.12. The molecule has 0 bridgehead atoms. The van der Waals surface area contributed by atoms with Crippen molar-refractivity contribution in [3.8, 4) is 0 Å². The van der Waals surface area contributed by atoms with Gasteiger partial charge < -0.3 is 5.32 Å². The Labute approximate surface area is 138 Å². The van der Waals surface area contributed by atoms with E-state index in [4.69, 9.17) is 0 Å². The number of pyridine rings is 1. The zero-order valence-electron chi connectivity index (χ0n) is 13.2. The lowest BCUT2D eigenvalue weighted by Gasteiger charge is -2.32. The number of nitrogens with one attached hydrogen (secondary N) is 1. The molecule has 0 radical (unpaired) electrons. The van der Waals surface area contributed by atoms with E-state index < -0.39 is 18.1 Å². The summed E-state index contributed by atoms with van der Waals surface area (Å²) in [4.78, 5) is 18.0. The van der Waals surface area contributed by atoms with Crippen molar-refractivity contribution >= 4 is 5.91 Å². The van der Waals surface area contributed by atoms with Crippen LogP contribution in [0.25, 0.3) is 0 Å². The SMILES string of the molecule is O=C(NC(C1=CCCN(Cc2ccccn2)C1)C(F)(F)F)C1CC1. The first-order chi connectivity index (χ1) is 11.4. The average molecular weight is 339 g/mol. The van der Waals surface area contributed by atoms with Gasteiger partial charge in [-0.25, -0.2) is 0 Å². The molecule has 1 aromatic heterocycles. The van der Waals surface area contributed by atoms with Crippen LogP contribution in [-0.2, 0) is 11.3 Å². The van der Waals surface area contributed by atoms with Gasteiger partial charge in [-0.15, -0.1) is 0 Å². The van der Waals surface area contributed by atoms with E-state index in [1.54, 1.807) is 18.3 Å². The number of hydrogen-bond acceptors (Lipinski definition) is 3. The standard InChI is InChI=1S/C17H20F3N3O/c18-17(19,20)15(22-16(24)12-6-7-12)13-4-3-9-23(10-13)11-14-5-1-2-8-21-14/h1-2,4-5,8,12,15H,3,6-7,9-11H2,(H,22,24). The third-order valence-electron chi connectivity index (χ3n) is 4.30. The van der Waals surface area contributed by atoms with Gasteiger partial charge >= 0.3 is 6.18 Å². The molecule has 0 spiro atoms. The minimum Gasteiger partial charge on any atom is -0.341 e. The van der Waals surface area contributed by atoms with Gasteiger partial charge in [0.25, 0.3) is 0 Å². The number of rotatable bonds is 5. The van der Waals surface area contributed by atoms with Crippen LogP contribution in [0.15, 0.2) is 36.0 Å².